The molecule has 0 aliphatic rings. The summed E-state index contributed by atoms with van der Waals surface area (Å²) in [6.45, 7) is 1.86. The van der Waals surface area contributed by atoms with Crippen molar-refractivity contribution in [3.8, 4) is 0 Å². The SMILES string of the molecule is Cc1cc(N)cc(C(=O)N(C)Cc2ccco2)c1F. The summed E-state index contributed by atoms with van der Waals surface area (Å²) in [5, 5.41) is 0. The molecule has 100 valence electrons. The van der Waals surface area contributed by atoms with Crippen molar-refractivity contribution >= 4 is 11.6 Å². The monoisotopic (exact) mass is 262 g/mol. The van der Waals surface area contributed by atoms with E-state index in [4.69, 9.17) is 10.2 Å². The van der Waals surface area contributed by atoms with Crippen LogP contribution in [0.15, 0.2) is 34.9 Å². The lowest BCUT2D eigenvalue weighted by molar-refractivity contribution is 0.0770. The number of amides is 1. The van der Waals surface area contributed by atoms with Gasteiger partial charge in [-0.15, -0.1) is 0 Å². The summed E-state index contributed by atoms with van der Waals surface area (Å²) in [7, 11) is 1.59. The number of carbonyl (C=O) groups excluding carboxylic acids is 1. The molecule has 0 saturated heterocycles. The van der Waals surface area contributed by atoms with Gasteiger partial charge in [0.05, 0.1) is 18.4 Å². The second-order valence-corrected chi connectivity index (χ2v) is 4.44. The topological polar surface area (TPSA) is 59.5 Å². The minimum Gasteiger partial charge on any atom is -0.467 e. The van der Waals surface area contributed by atoms with Crippen molar-refractivity contribution < 1.29 is 13.6 Å². The van der Waals surface area contributed by atoms with Crippen molar-refractivity contribution in [3.05, 3.63) is 53.2 Å². The third-order valence-electron chi connectivity index (χ3n) is 2.83. The Bertz CT molecular complexity index is 594. The summed E-state index contributed by atoms with van der Waals surface area (Å²) in [6.07, 6.45) is 1.53. The number of nitrogen functional groups attached to an aromatic ring is 1. The third-order valence-corrected chi connectivity index (χ3v) is 2.83. The Morgan fingerprint density at radius 3 is 2.84 bits per heavy atom. The maximum absolute atomic E-state index is 13.9. The first-order valence-corrected chi connectivity index (χ1v) is 5.82. The zero-order chi connectivity index (χ0) is 14.0. The number of aryl methyl sites for hydroxylation is 1. The highest BCUT2D eigenvalue weighted by Crippen LogP contribution is 2.19. The van der Waals surface area contributed by atoms with Crippen molar-refractivity contribution in [1.82, 2.24) is 4.90 Å². The van der Waals surface area contributed by atoms with Gasteiger partial charge in [-0.1, -0.05) is 0 Å². The summed E-state index contributed by atoms with van der Waals surface area (Å²) in [6, 6.07) is 6.34. The number of furan rings is 1. The zero-order valence-electron chi connectivity index (χ0n) is 10.8. The van der Waals surface area contributed by atoms with Gasteiger partial charge < -0.3 is 15.1 Å². The van der Waals surface area contributed by atoms with Crippen LogP contribution in [-0.4, -0.2) is 17.9 Å². The van der Waals surface area contributed by atoms with E-state index in [1.54, 1.807) is 26.1 Å². The van der Waals surface area contributed by atoms with Crippen molar-refractivity contribution in [2.45, 2.75) is 13.5 Å². The van der Waals surface area contributed by atoms with E-state index in [0.29, 0.717) is 17.0 Å². The molecule has 0 saturated carbocycles. The third kappa shape index (κ3) is 2.76. The highest BCUT2D eigenvalue weighted by molar-refractivity contribution is 5.95. The Morgan fingerprint density at radius 1 is 1.47 bits per heavy atom. The Kier molecular flexibility index (Phi) is 3.55. The van der Waals surface area contributed by atoms with Crippen LogP contribution >= 0.6 is 0 Å². The predicted octanol–water partition coefficient (Wildman–Crippen LogP) is 2.58. The normalized spacial score (nSPS) is 10.5. The van der Waals surface area contributed by atoms with Gasteiger partial charge in [-0.3, -0.25) is 4.79 Å². The van der Waals surface area contributed by atoms with Crippen molar-refractivity contribution in [1.29, 1.82) is 0 Å². The summed E-state index contributed by atoms with van der Waals surface area (Å²) in [4.78, 5) is 13.6. The first-order valence-electron chi connectivity index (χ1n) is 5.82. The van der Waals surface area contributed by atoms with Gasteiger partial charge in [0, 0.05) is 12.7 Å². The van der Waals surface area contributed by atoms with Crippen LogP contribution in [0.5, 0.6) is 0 Å². The molecule has 0 aliphatic heterocycles. The lowest BCUT2D eigenvalue weighted by Crippen LogP contribution is -2.27. The van der Waals surface area contributed by atoms with E-state index in [1.807, 2.05) is 0 Å². The Balaban J connectivity index is 2.24. The Morgan fingerprint density at radius 2 is 2.21 bits per heavy atom. The molecule has 1 heterocycles. The molecule has 2 rings (SSSR count). The van der Waals surface area contributed by atoms with E-state index in [2.05, 4.69) is 0 Å². The molecule has 0 unspecified atom stereocenters. The van der Waals surface area contributed by atoms with Crippen LogP contribution in [0.2, 0.25) is 0 Å². The number of halogens is 1. The van der Waals surface area contributed by atoms with Crippen LogP contribution in [0, 0.1) is 12.7 Å². The fourth-order valence-corrected chi connectivity index (χ4v) is 1.87. The van der Waals surface area contributed by atoms with Crippen molar-refractivity contribution in [2.75, 3.05) is 12.8 Å². The minimum absolute atomic E-state index is 0.0217. The number of benzene rings is 1. The smallest absolute Gasteiger partial charge is 0.257 e. The largest absolute Gasteiger partial charge is 0.467 e. The van der Waals surface area contributed by atoms with E-state index in [0.717, 1.165) is 0 Å². The number of nitrogens with zero attached hydrogens (tertiary/aromatic N) is 1. The van der Waals surface area contributed by atoms with Gasteiger partial charge in [-0.25, -0.2) is 4.39 Å². The molecule has 0 bridgehead atoms. The second kappa shape index (κ2) is 5.14. The van der Waals surface area contributed by atoms with E-state index in [9.17, 15) is 9.18 Å². The molecule has 0 fully saturated rings. The molecule has 4 nitrogen and oxygen atoms in total. The molecular weight excluding hydrogens is 247 g/mol. The maximum atomic E-state index is 13.9. The van der Waals surface area contributed by atoms with E-state index in [-0.39, 0.29) is 12.1 Å². The van der Waals surface area contributed by atoms with Crippen LogP contribution in [0.1, 0.15) is 21.7 Å². The fourth-order valence-electron chi connectivity index (χ4n) is 1.87. The fraction of sp³-hybridized carbons (Fsp3) is 0.214. The molecule has 19 heavy (non-hydrogen) atoms. The van der Waals surface area contributed by atoms with Crippen LogP contribution in [-0.2, 0) is 6.54 Å². The second-order valence-electron chi connectivity index (χ2n) is 4.44. The lowest BCUT2D eigenvalue weighted by Gasteiger charge is -2.17. The number of nitrogens with two attached hydrogens (primary N) is 1. The number of hydrogen-bond donors (Lipinski definition) is 1. The number of carbonyl (C=O) groups is 1. The van der Waals surface area contributed by atoms with Crippen LogP contribution in [0.3, 0.4) is 0 Å². The van der Waals surface area contributed by atoms with Gasteiger partial charge in [-0.2, -0.15) is 0 Å². The maximum Gasteiger partial charge on any atom is 0.257 e. The number of hydrogen-bond acceptors (Lipinski definition) is 3. The van der Waals surface area contributed by atoms with Gasteiger partial charge in [-0.05, 0) is 36.8 Å². The molecule has 0 spiro atoms. The molecule has 1 amide bonds. The molecule has 0 aliphatic carbocycles. The van der Waals surface area contributed by atoms with Gasteiger partial charge >= 0.3 is 0 Å². The van der Waals surface area contributed by atoms with E-state index < -0.39 is 11.7 Å². The molecule has 0 atom stereocenters. The summed E-state index contributed by atoms with van der Waals surface area (Å²) < 4.78 is 19.1. The van der Waals surface area contributed by atoms with Gasteiger partial charge in [0.1, 0.15) is 11.6 Å². The predicted molar refractivity (Wildman–Crippen MR) is 70.1 cm³/mol. The highest BCUT2D eigenvalue weighted by Gasteiger charge is 2.19. The average molecular weight is 262 g/mol. The summed E-state index contributed by atoms with van der Waals surface area (Å²) in [5.41, 5.74) is 6.35. The first-order chi connectivity index (χ1) is 8.99. The molecule has 5 heteroatoms. The molecule has 2 N–H and O–H groups in total. The van der Waals surface area contributed by atoms with Gasteiger partial charge in [0.2, 0.25) is 0 Å². The number of rotatable bonds is 3. The molecule has 0 radical (unpaired) electrons. The van der Waals surface area contributed by atoms with Crippen molar-refractivity contribution in [2.24, 2.45) is 0 Å². The highest BCUT2D eigenvalue weighted by atomic mass is 19.1. The average Bonchev–Trinajstić information content (AvgIpc) is 2.85. The Hall–Kier alpha value is -2.30. The Labute approximate surface area is 110 Å². The van der Waals surface area contributed by atoms with E-state index in [1.165, 1.54) is 23.3 Å². The first kappa shape index (κ1) is 13.1. The summed E-state index contributed by atoms with van der Waals surface area (Å²) >= 11 is 0. The molecule has 1 aromatic carbocycles. The van der Waals surface area contributed by atoms with Crippen molar-refractivity contribution in [3.63, 3.8) is 0 Å². The van der Waals surface area contributed by atoms with E-state index >= 15 is 0 Å². The van der Waals surface area contributed by atoms with Gasteiger partial charge in [0.15, 0.2) is 0 Å². The number of anilines is 1. The zero-order valence-corrected chi connectivity index (χ0v) is 10.8. The summed E-state index contributed by atoms with van der Waals surface area (Å²) in [5.74, 6) is -0.327. The van der Waals surface area contributed by atoms with Crippen LogP contribution in [0.4, 0.5) is 10.1 Å². The molecule has 2 aromatic rings. The quantitative estimate of drug-likeness (QED) is 0.865. The molecular formula is C14H15FN2O2. The lowest BCUT2D eigenvalue weighted by atomic mass is 10.1. The van der Waals surface area contributed by atoms with Gasteiger partial charge in [0.25, 0.3) is 5.91 Å². The molecule has 1 aromatic heterocycles. The standard InChI is InChI=1S/C14H15FN2O2/c1-9-6-10(16)7-12(13(9)15)14(18)17(2)8-11-4-3-5-19-11/h3-7H,8,16H2,1-2H3. The van der Waals surface area contributed by atoms with Crippen LogP contribution in [0.25, 0.3) is 0 Å². The minimum atomic E-state index is -0.537. The van der Waals surface area contributed by atoms with Crippen LogP contribution < -0.4 is 5.73 Å².